The van der Waals surface area contributed by atoms with Crippen molar-refractivity contribution in [2.75, 3.05) is 6.61 Å². The molecule has 0 spiro atoms. The fourth-order valence-electron chi connectivity index (χ4n) is 0.831. The highest BCUT2D eigenvalue weighted by Crippen LogP contribution is 2.26. The lowest BCUT2D eigenvalue weighted by molar-refractivity contribution is -0.385. The largest absolute Gasteiger partial charge is 0.490 e. The number of nitro groups is 1. The second kappa shape index (κ2) is 4.90. The van der Waals surface area contributed by atoms with E-state index < -0.39 is 4.92 Å². The Morgan fingerprint density at radius 2 is 2.43 bits per heavy atom. The number of nitrogens with zero attached hydrogens (tertiary/aromatic N) is 2. The molecule has 0 N–H and O–H groups in total. The molecule has 0 aromatic carbocycles. The quantitative estimate of drug-likeness (QED) is 0.474. The normalized spacial score (nSPS) is 9.86. The van der Waals surface area contributed by atoms with E-state index in [9.17, 15) is 10.1 Å². The maximum absolute atomic E-state index is 10.4. The maximum atomic E-state index is 10.4. The van der Waals surface area contributed by atoms with Gasteiger partial charge >= 0.3 is 0 Å². The predicted octanol–water partition coefficient (Wildman–Crippen LogP) is 2.54. The Balaban J connectivity index is 2.90. The van der Waals surface area contributed by atoms with Gasteiger partial charge in [0.2, 0.25) is 0 Å². The van der Waals surface area contributed by atoms with Crippen LogP contribution in [0.4, 0.5) is 5.69 Å². The highest BCUT2D eigenvalue weighted by Gasteiger charge is 2.11. The Morgan fingerprint density at radius 3 is 3.00 bits per heavy atom. The van der Waals surface area contributed by atoms with Crippen LogP contribution in [0.1, 0.15) is 13.3 Å². The zero-order chi connectivity index (χ0) is 10.6. The number of rotatable bonds is 4. The number of aromatic nitrogens is 1. The Hall–Kier alpha value is -1.17. The molecule has 0 amide bonds. The molecule has 1 heterocycles. The summed E-state index contributed by atoms with van der Waals surface area (Å²) in [6.45, 7) is 2.47. The molecule has 1 aromatic heterocycles. The van der Waals surface area contributed by atoms with E-state index in [-0.39, 0.29) is 5.69 Å². The van der Waals surface area contributed by atoms with Crippen LogP contribution in [0.5, 0.6) is 5.75 Å². The van der Waals surface area contributed by atoms with Crippen molar-refractivity contribution in [3.63, 3.8) is 0 Å². The van der Waals surface area contributed by atoms with Crippen LogP contribution in [0.15, 0.2) is 16.9 Å². The summed E-state index contributed by atoms with van der Waals surface area (Å²) >= 11 is 3.15. The summed E-state index contributed by atoms with van der Waals surface area (Å²) in [5.74, 6) is 0.404. The SMILES string of the molecule is CCCOc1cc([N+](=O)[O-])cnc1Br. The first-order valence-corrected chi connectivity index (χ1v) is 4.87. The van der Waals surface area contributed by atoms with E-state index in [0.717, 1.165) is 6.42 Å². The van der Waals surface area contributed by atoms with E-state index in [2.05, 4.69) is 20.9 Å². The highest BCUT2D eigenvalue weighted by molar-refractivity contribution is 9.10. The second-order valence-electron chi connectivity index (χ2n) is 2.59. The lowest BCUT2D eigenvalue weighted by Gasteiger charge is -2.04. The first-order valence-electron chi connectivity index (χ1n) is 4.08. The molecule has 0 aliphatic rings. The Kier molecular flexibility index (Phi) is 3.82. The highest BCUT2D eigenvalue weighted by atomic mass is 79.9. The fourth-order valence-corrected chi connectivity index (χ4v) is 1.16. The molecule has 6 heteroatoms. The summed E-state index contributed by atoms with van der Waals surface area (Å²) in [4.78, 5) is 13.7. The fraction of sp³-hybridized carbons (Fsp3) is 0.375. The van der Waals surface area contributed by atoms with E-state index in [1.807, 2.05) is 6.92 Å². The topological polar surface area (TPSA) is 65.3 Å². The zero-order valence-corrected chi connectivity index (χ0v) is 9.15. The molecule has 14 heavy (non-hydrogen) atoms. The van der Waals surface area contributed by atoms with Crippen LogP contribution < -0.4 is 4.74 Å². The van der Waals surface area contributed by atoms with Crippen molar-refractivity contribution in [2.45, 2.75) is 13.3 Å². The third-order valence-electron chi connectivity index (χ3n) is 1.46. The van der Waals surface area contributed by atoms with Gasteiger partial charge in [-0.15, -0.1) is 0 Å². The van der Waals surface area contributed by atoms with Gasteiger partial charge in [0.1, 0.15) is 10.8 Å². The van der Waals surface area contributed by atoms with Crippen molar-refractivity contribution in [3.8, 4) is 5.75 Å². The van der Waals surface area contributed by atoms with Crippen LogP contribution in [0.2, 0.25) is 0 Å². The lowest BCUT2D eigenvalue weighted by Crippen LogP contribution is -1.98. The molecule has 0 bridgehead atoms. The van der Waals surface area contributed by atoms with Gasteiger partial charge in [-0.2, -0.15) is 0 Å². The zero-order valence-electron chi connectivity index (χ0n) is 7.57. The van der Waals surface area contributed by atoms with Crippen molar-refractivity contribution in [2.24, 2.45) is 0 Å². The Morgan fingerprint density at radius 1 is 1.71 bits per heavy atom. The third-order valence-corrected chi connectivity index (χ3v) is 2.06. The average Bonchev–Trinajstić information content (AvgIpc) is 2.16. The van der Waals surface area contributed by atoms with Gasteiger partial charge in [0.15, 0.2) is 5.75 Å². The summed E-state index contributed by atoms with van der Waals surface area (Å²) < 4.78 is 5.75. The summed E-state index contributed by atoms with van der Waals surface area (Å²) in [6.07, 6.45) is 2.03. The monoisotopic (exact) mass is 260 g/mol. The number of pyridine rings is 1. The van der Waals surface area contributed by atoms with E-state index in [1.165, 1.54) is 12.3 Å². The minimum absolute atomic E-state index is 0.0701. The molecule has 0 atom stereocenters. The van der Waals surface area contributed by atoms with Crippen LogP contribution in [0, 0.1) is 10.1 Å². The van der Waals surface area contributed by atoms with Crippen LogP contribution in [0.25, 0.3) is 0 Å². The molecule has 0 saturated carbocycles. The minimum atomic E-state index is -0.502. The Bertz CT molecular complexity index is 343. The van der Waals surface area contributed by atoms with Crippen molar-refractivity contribution < 1.29 is 9.66 Å². The molecule has 0 radical (unpaired) electrons. The molecule has 1 aromatic rings. The first kappa shape index (κ1) is 10.9. The molecule has 0 saturated heterocycles. The molecule has 1 rings (SSSR count). The molecule has 0 aliphatic heterocycles. The smallest absolute Gasteiger partial charge is 0.291 e. The average molecular weight is 261 g/mol. The molecular weight excluding hydrogens is 252 g/mol. The van der Waals surface area contributed by atoms with E-state index >= 15 is 0 Å². The molecule has 0 unspecified atom stereocenters. The first-order chi connectivity index (χ1) is 6.65. The summed E-state index contributed by atoms with van der Waals surface area (Å²) in [5.41, 5.74) is -0.0701. The Labute approximate surface area is 89.4 Å². The van der Waals surface area contributed by atoms with Gasteiger partial charge in [-0.25, -0.2) is 4.98 Å². The van der Waals surface area contributed by atoms with Crippen LogP contribution in [-0.2, 0) is 0 Å². The van der Waals surface area contributed by atoms with Crippen LogP contribution in [-0.4, -0.2) is 16.5 Å². The van der Waals surface area contributed by atoms with Gasteiger partial charge in [0, 0.05) is 0 Å². The standard InChI is InChI=1S/C8H9BrN2O3/c1-2-3-14-7-4-6(11(12)13)5-10-8(7)9/h4-5H,2-3H2,1H3. The van der Waals surface area contributed by atoms with Gasteiger partial charge in [-0.05, 0) is 22.4 Å². The van der Waals surface area contributed by atoms with Crippen molar-refractivity contribution in [1.29, 1.82) is 0 Å². The third kappa shape index (κ3) is 2.66. The number of halogens is 1. The van der Waals surface area contributed by atoms with Gasteiger partial charge < -0.3 is 4.74 Å². The molecule has 0 fully saturated rings. The molecule has 0 aliphatic carbocycles. The minimum Gasteiger partial charge on any atom is -0.490 e. The van der Waals surface area contributed by atoms with Crippen molar-refractivity contribution >= 4 is 21.6 Å². The van der Waals surface area contributed by atoms with Gasteiger partial charge in [0.05, 0.1) is 17.6 Å². The van der Waals surface area contributed by atoms with E-state index in [4.69, 9.17) is 4.74 Å². The summed E-state index contributed by atoms with van der Waals surface area (Å²) in [5, 5.41) is 10.4. The second-order valence-corrected chi connectivity index (χ2v) is 3.34. The van der Waals surface area contributed by atoms with Crippen LogP contribution in [0.3, 0.4) is 0 Å². The maximum Gasteiger partial charge on any atom is 0.291 e. The number of ether oxygens (including phenoxy) is 1. The van der Waals surface area contributed by atoms with Crippen molar-refractivity contribution in [3.05, 3.63) is 27.0 Å². The van der Waals surface area contributed by atoms with Gasteiger partial charge in [0.25, 0.3) is 5.69 Å². The van der Waals surface area contributed by atoms with E-state index in [1.54, 1.807) is 0 Å². The van der Waals surface area contributed by atoms with Gasteiger partial charge in [-0.3, -0.25) is 10.1 Å². The predicted molar refractivity (Wildman–Crippen MR) is 54.4 cm³/mol. The van der Waals surface area contributed by atoms with Crippen molar-refractivity contribution in [1.82, 2.24) is 4.98 Å². The summed E-state index contributed by atoms with van der Waals surface area (Å²) in [6, 6.07) is 1.35. The molecular formula is C8H9BrN2O3. The van der Waals surface area contributed by atoms with Crippen LogP contribution >= 0.6 is 15.9 Å². The lowest BCUT2D eigenvalue weighted by atomic mass is 10.4. The number of hydrogen-bond acceptors (Lipinski definition) is 4. The van der Waals surface area contributed by atoms with Gasteiger partial charge in [-0.1, -0.05) is 6.92 Å². The van der Waals surface area contributed by atoms with E-state index in [0.29, 0.717) is 17.0 Å². The summed E-state index contributed by atoms with van der Waals surface area (Å²) in [7, 11) is 0. The number of hydrogen-bond donors (Lipinski definition) is 0. The molecule has 5 nitrogen and oxygen atoms in total. The molecule has 76 valence electrons.